The molecule has 1 aliphatic heterocycles. The van der Waals surface area contributed by atoms with Crippen LogP contribution in [0.1, 0.15) is 50.7 Å². The second-order valence-corrected chi connectivity index (χ2v) is 37.5. The first-order chi connectivity index (χ1) is 56.3. The Morgan fingerprint density at radius 2 is 0.976 bits per heavy atom. The van der Waals surface area contributed by atoms with Gasteiger partial charge in [-0.05, 0) is 175 Å². The Bertz CT molecular complexity index is 5640. The minimum absolute atomic E-state index is 0. The number of Topliss-reactive ketones (excluding diaryl/α,β-unsaturated/α-hetero) is 1. The summed E-state index contributed by atoms with van der Waals surface area (Å²) in [5, 5.41) is 23.8. The van der Waals surface area contributed by atoms with E-state index in [0.717, 1.165) is 41.7 Å². The molecule has 0 aromatic heterocycles. The van der Waals surface area contributed by atoms with E-state index in [1.165, 1.54) is 73.3 Å². The maximum absolute atomic E-state index is 12.1. The van der Waals surface area contributed by atoms with Gasteiger partial charge in [0.25, 0.3) is 10.0 Å². The topological polar surface area (TPSA) is 457 Å². The van der Waals surface area contributed by atoms with Crippen molar-refractivity contribution in [2.45, 2.75) is 84.7 Å². The molecule has 10 aromatic rings. The van der Waals surface area contributed by atoms with Crippen molar-refractivity contribution in [2.24, 2.45) is 4.40 Å². The smallest absolute Gasteiger partial charge is 0.112 e. The molecule has 690 valence electrons. The normalized spacial score (nSPS) is 12.4. The Morgan fingerprint density at radius 1 is 0.587 bits per heavy atom. The van der Waals surface area contributed by atoms with E-state index in [0.29, 0.717) is 38.2 Å². The SMILES string of the molecule is CC(=O)Oc1c(C)cc([S+](c2ccc(Cl)cc2)c2ccc(Cl)cc2)cc1C.CSc1ccc(C(=O)C(=O)[O-])cc1.Cc1ccc(S(=O)[O-])cc1.FB(F)F.O=S(=O)([O-])C(F)(F)F.O=S(=O)([O-])c1cccc2ccccc12.O=S(=O)([O-])c1ccccc1.O=S1(=O)N=C([O-])c2ccccc21.[B]c1cc(C(F)(F)F)cc(C(F)(F)F)c1.[F-].[F-].[F][Sb]([F])([F])([F])[F].[O-][Cl+3]([O-])([O-])[O-]. The fourth-order valence-corrected chi connectivity index (χ4v) is 14.0. The molecule has 24 nitrogen and oxygen atoms in total. The van der Waals surface area contributed by atoms with E-state index in [4.69, 9.17) is 67.4 Å². The van der Waals surface area contributed by atoms with Crippen molar-refractivity contribution in [2.75, 3.05) is 6.26 Å². The average Bonchev–Trinajstić information content (AvgIpc) is 1.50. The number of hydrogen-bond acceptors (Lipinski definition) is 24. The summed E-state index contributed by atoms with van der Waals surface area (Å²) in [6.07, 6.45) is -7.78. The number of carboxylic acid groups (broad SMARTS) is 1. The van der Waals surface area contributed by atoms with Crippen LogP contribution in [0.3, 0.4) is 0 Å². The second-order valence-electron chi connectivity index (χ2n) is 22.7. The maximum atomic E-state index is 12.1. The molecule has 11 rings (SSSR count). The first kappa shape index (κ1) is 119. The summed E-state index contributed by atoms with van der Waals surface area (Å²) in [5.41, 5.74) is -5.79. The van der Waals surface area contributed by atoms with Crippen LogP contribution in [0.2, 0.25) is 10.0 Å². The number of esters is 1. The number of hydrogen-bond donors (Lipinski definition) is 0. The van der Waals surface area contributed by atoms with Crippen molar-refractivity contribution in [1.29, 1.82) is 0 Å². The predicted octanol–water partition coefficient (Wildman–Crippen LogP) is 4.46. The van der Waals surface area contributed by atoms with Gasteiger partial charge in [0.05, 0.1) is 36.7 Å². The molecule has 1 atom stereocenters. The largest absolute Gasteiger partial charge is 0.222 e. The molecular weight excluding hydrogens is 2060 g/mol. The molecule has 126 heavy (non-hydrogen) atoms. The molecule has 1 aliphatic rings. The number of ether oxygens (including phenoxy) is 1. The first-order valence-corrected chi connectivity index (χ1v) is 47.7. The minimum Gasteiger partial charge on any atom is -0.222 e. The van der Waals surface area contributed by atoms with Gasteiger partial charge in [-0.1, -0.05) is 131 Å². The summed E-state index contributed by atoms with van der Waals surface area (Å²) in [6, 6.07) is 58.7. The zero-order valence-electron chi connectivity index (χ0n) is 63.0. The number of aliphatic carboxylic acids is 1. The molecule has 10 aromatic carbocycles. The van der Waals surface area contributed by atoms with Gasteiger partial charge >= 0.3 is 65.7 Å². The monoisotopic (exact) mass is 2110 g/mol. The molecule has 0 bridgehead atoms. The van der Waals surface area contributed by atoms with Crippen molar-refractivity contribution >= 4 is 173 Å². The molecule has 0 amide bonds. The number of ketones is 1. The van der Waals surface area contributed by atoms with Crippen LogP contribution in [-0.4, -0.2) is 127 Å². The van der Waals surface area contributed by atoms with Crippen LogP contribution in [0.25, 0.3) is 10.8 Å². The third-order valence-corrected chi connectivity index (χ3v) is 21.0. The Morgan fingerprint density at radius 3 is 1.33 bits per heavy atom. The quantitative estimate of drug-likeness (QED) is 0.0156. The van der Waals surface area contributed by atoms with Crippen molar-refractivity contribution in [3.63, 3.8) is 0 Å². The van der Waals surface area contributed by atoms with Crippen LogP contribution in [0, 0.1) is 31.0 Å². The van der Waals surface area contributed by atoms with Crippen LogP contribution in [0.15, 0.2) is 268 Å². The van der Waals surface area contributed by atoms with Gasteiger partial charge in [0.15, 0.2) is 24.8 Å². The predicted molar refractivity (Wildman–Crippen MR) is 403 cm³/mol. The summed E-state index contributed by atoms with van der Waals surface area (Å²) >= 11 is 2.42. The molecule has 2 radical (unpaired) electrons. The van der Waals surface area contributed by atoms with Crippen LogP contribution in [0.5, 0.6) is 5.75 Å². The van der Waals surface area contributed by atoms with Crippen molar-refractivity contribution < 1.29 is 190 Å². The third-order valence-electron chi connectivity index (χ3n) is 13.3. The van der Waals surface area contributed by atoms with Crippen LogP contribution in [0.4, 0.5) is 66.5 Å². The van der Waals surface area contributed by atoms with Gasteiger partial charge in [-0.25, -0.2) is 43.9 Å². The Hall–Kier alpha value is -8.64. The molecule has 1 heterocycles. The van der Waals surface area contributed by atoms with Gasteiger partial charge in [0, 0.05) is 55.9 Å². The number of nitrogens with zero attached hydrogens (tertiary/aromatic N) is 1. The summed E-state index contributed by atoms with van der Waals surface area (Å²) < 4.78 is 359. The fraction of sp³-hybridized carbons (Fsp3) is 0.114. The number of alkyl halides is 9. The number of aryl methyl sites for hydroxylation is 3. The maximum Gasteiger partial charge on any atom is -0.112 e. The number of sulfonamides is 1. The van der Waals surface area contributed by atoms with Gasteiger partial charge in [-0.2, -0.15) is 52.3 Å². The number of carbonyl (C=O) groups excluding carboxylic acids is 3. The van der Waals surface area contributed by atoms with Crippen LogP contribution in [-0.2, 0) is 84.3 Å². The first-order valence-electron chi connectivity index (χ1n) is 31.7. The van der Waals surface area contributed by atoms with E-state index in [1.54, 1.807) is 91.0 Å². The minimum atomic E-state index is -9.19. The molecule has 0 saturated heterocycles. The van der Waals surface area contributed by atoms with Gasteiger partial charge < -0.3 is 47.4 Å². The Kier molecular flexibility index (Phi) is 48.8. The summed E-state index contributed by atoms with van der Waals surface area (Å²) in [4.78, 5) is 36.9. The van der Waals surface area contributed by atoms with E-state index in [2.05, 4.69) is 16.5 Å². The van der Waals surface area contributed by atoms with Crippen molar-refractivity contribution in [1.82, 2.24) is 0 Å². The summed E-state index contributed by atoms with van der Waals surface area (Å²) in [5.74, 6) is -3.01. The molecule has 56 heteroatoms. The Labute approximate surface area is 732 Å². The van der Waals surface area contributed by atoms with Crippen molar-refractivity contribution in [3.8, 4) is 5.75 Å². The van der Waals surface area contributed by atoms with Gasteiger partial charge in [-0.15, -0.1) is 22.0 Å². The van der Waals surface area contributed by atoms with Gasteiger partial charge in [-0.3, -0.25) is 26.7 Å². The summed E-state index contributed by atoms with van der Waals surface area (Å²) in [6.45, 7) is 7.25. The third kappa shape index (κ3) is 48.0. The molecule has 0 spiro atoms. The number of thioether (sulfide) groups is 1. The summed E-state index contributed by atoms with van der Waals surface area (Å²) in [7, 11) is -22.4. The van der Waals surface area contributed by atoms with E-state index >= 15 is 0 Å². The van der Waals surface area contributed by atoms with Gasteiger partial charge in [0.2, 0.25) is 5.78 Å². The molecule has 0 saturated carbocycles. The number of carboxylic acids is 1. The molecule has 0 fully saturated rings. The number of fused-ring (bicyclic) bond motifs is 2. The zero-order chi connectivity index (χ0) is 95.9. The number of rotatable bonds is 10. The van der Waals surface area contributed by atoms with E-state index in [-0.39, 0.29) is 58.2 Å². The molecule has 1 unspecified atom stereocenters. The zero-order valence-corrected chi connectivity index (χ0v) is 73.5. The average molecular weight is 2110 g/mol. The van der Waals surface area contributed by atoms with E-state index in [1.807, 2.05) is 75.6 Å². The van der Waals surface area contributed by atoms with E-state index in [9.17, 15) is 134 Å². The van der Waals surface area contributed by atoms with Crippen molar-refractivity contribution in [3.05, 3.63) is 273 Å². The number of benzene rings is 10. The Balaban J connectivity index is 0. The van der Waals surface area contributed by atoms with Crippen LogP contribution >= 0.6 is 35.0 Å². The second kappa shape index (κ2) is 51.5. The molecular formula is C70H52B2Cl3F19NO23S7Sb-8. The molecule has 0 N–H and O–H groups in total. The van der Waals surface area contributed by atoms with E-state index < -0.39 is 142 Å². The van der Waals surface area contributed by atoms with Gasteiger partial charge in [0.1, 0.15) is 39.8 Å². The molecule has 0 aliphatic carbocycles. The number of halogens is 22. The number of carbonyl (C=O) groups is 3. The van der Waals surface area contributed by atoms with Crippen LogP contribution < -0.4 is 48.5 Å². The fourth-order valence-electron chi connectivity index (χ4n) is 8.45. The standard InChI is InChI=1S/C22H19Cl2O2S.C10H8O3S.C9H8O3S.C8H3BF6.C7H5NO3S.C7H8O2S.C6H6O3S.CHF3O3S.BF3.ClHO4.7FH.Sb/c1-14-12-21(13-15(2)22(14)26-16(3)25)27(19-8-4-17(23)5-9-19)20-10-6-18(24)7-11-20;11-14(12,13)10-7-3-5-8-4-1-2-6-9(8)10;1-13-7-4-2-6(3-5-7)8(10)9(11)12;9-6-2-4(7(10,11)12)1-5(3-6)8(13,14)15;9-7-5-3-1-2-4-6(5)12(10,11)8-7;1-6-2-4-7(5-3-6)10(8)9;7-10(8,9)6-4-2-1-3-5-6;2-1(3,4)8(5,6)7;2-1(3)4;2-1(3,4)5;;;;;;;;/h4-13H,1-3H3;1-7H,(H,11,12,13);2-5H,1H3,(H,11,12);1-3H;1-4H,(H,8,9);2-5H,1H3,(H,8,9);1-5H,(H,7,8,9);(H,5,6,7);;(H,2,3,4,5);7*1H;/q+1;;;;;;;;;;;;;;;;;+5/p-14.